The van der Waals surface area contributed by atoms with E-state index in [1.54, 1.807) is 0 Å². The molecule has 20 heavy (non-hydrogen) atoms. The number of rotatable bonds is 6. The van der Waals surface area contributed by atoms with Crippen molar-refractivity contribution in [2.45, 2.75) is 32.3 Å². The number of carbonyl (C=O) groups is 2. The Balaban J connectivity index is 1.69. The molecule has 1 aromatic carbocycles. The predicted molar refractivity (Wildman–Crippen MR) is 74.2 cm³/mol. The van der Waals surface area contributed by atoms with Gasteiger partial charge in [-0.25, -0.2) is 0 Å². The van der Waals surface area contributed by atoms with Crippen molar-refractivity contribution >= 4 is 11.8 Å². The first-order valence-electron chi connectivity index (χ1n) is 7.04. The molecule has 0 amide bonds. The first-order chi connectivity index (χ1) is 9.66. The molecule has 4 heteroatoms. The van der Waals surface area contributed by atoms with Crippen molar-refractivity contribution in [3.63, 3.8) is 0 Å². The molecular formula is C16H20O4. The number of hydrogen-bond donors (Lipinski definition) is 1. The fourth-order valence-electron chi connectivity index (χ4n) is 2.62. The van der Waals surface area contributed by atoms with Gasteiger partial charge in [0.05, 0.1) is 6.61 Å². The smallest absolute Gasteiger partial charge is 0.314 e. The van der Waals surface area contributed by atoms with Gasteiger partial charge in [0, 0.05) is 13.0 Å². The fraction of sp³-hybridized carbons (Fsp3) is 0.500. The summed E-state index contributed by atoms with van der Waals surface area (Å²) in [5, 5.41) is 8.99. The molecule has 0 heterocycles. The Kier molecular flexibility index (Phi) is 5.30. The van der Waals surface area contributed by atoms with E-state index in [-0.39, 0.29) is 11.7 Å². The van der Waals surface area contributed by atoms with Crippen molar-refractivity contribution in [1.82, 2.24) is 0 Å². The Morgan fingerprint density at radius 1 is 1.30 bits per heavy atom. The average Bonchev–Trinajstić information content (AvgIpc) is 2.46. The van der Waals surface area contributed by atoms with Gasteiger partial charge < -0.3 is 9.84 Å². The lowest BCUT2D eigenvalue weighted by atomic mass is 9.79. The van der Waals surface area contributed by atoms with Crippen molar-refractivity contribution in [3.8, 4) is 0 Å². The molecule has 2 atom stereocenters. The number of carbonyl (C=O) groups excluding carboxylic acids is 1. The topological polar surface area (TPSA) is 63.6 Å². The summed E-state index contributed by atoms with van der Waals surface area (Å²) >= 11 is 0. The van der Waals surface area contributed by atoms with Gasteiger partial charge in [-0.3, -0.25) is 9.59 Å². The molecule has 1 aliphatic carbocycles. The van der Waals surface area contributed by atoms with E-state index in [1.165, 1.54) is 0 Å². The van der Waals surface area contributed by atoms with Crippen LogP contribution in [0.3, 0.4) is 0 Å². The molecule has 1 N–H and O–H groups in total. The highest BCUT2D eigenvalue weighted by Gasteiger charge is 2.33. The van der Waals surface area contributed by atoms with Gasteiger partial charge in [0.25, 0.3) is 0 Å². The Labute approximate surface area is 118 Å². The number of hydrogen-bond acceptors (Lipinski definition) is 3. The molecule has 0 bridgehead atoms. The van der Waals surface area contributed by atoms with Crippen LogP contribution < -0.4 is 0 Å². The molecular weight excluding hydrogens is 256 g/mol. The summed E-state index contributed by atoms with van der Waals surface area (Å²) in [5.41, 5.74) is 1.13. The first kappa shape index (κ1) is 14.7. The summed E-state index contributed by atoms with van der Waals surface area (Å²) in [4.78, 5) is 22.5. The van der Waals surface area contributed by atoms with Gasteiger partial charge in [-0.05, 0) is 30.7 Å². The molecule has 1 saturated carbocycles. The number of carboxylic acid groups (broad SMARTS) is 1. The minimum atomic E-state index is -0.982. The van der Waals surface area contributed by atoms with Crippen LogP contribution >= 0.6 is 0 Å². The van der Waals surface area contributed by atoms with Crippen molar-refractivity contribution in [3.05, 3.63) is 35.9 Å². The van der Waals surface area contributed by atoms with Gasteiger partial charge >= 0.3 is 5.97 Å². The molecule has 0 saturated heterocycles. The molecule has 108 valence electrons. The summed E-state index contributed by atoms with van der Waals surface area (Å²) in [6.07, 6.45) is 2.46. The average molecular weight is 276 g/mol. The van der Waals surface area contributed by atoms with Gasteiger partial charge in [0.1, 0.15) is 11.7 Å². The maximum atomic E-state index is 11.5. The van der Waals surface area contributed by atoms with Crippen LogP contribution in [0.4, 0.5) is 0 Å². The molecule has 0 aliphatic heterocycles. The SMILES string of the molecule is O=C(O)C1CC(CCOCc2ccccc2)CCC1=O. The normalized spacial score (nSPS) is 22.7. The van der Waals surface area contributed by atoms with Crippen molar-refractivity contribution in [2.75, 3.05) is 6.61 Å². The van der Waals surface area contributed by atoms with Gasteiger partial charge in [-0.1, -0.05) is 30.3 Å². The zero-order chi connectivity index (χ0) is 14.4. The molecule has 0 spiro atoms. The van der Waals surface area contributed by atoms with Crippen LogP contribution in [0, 0.1) is 11.8 Å². The fourth-order valence-corrected chi connectivity index (χ4v) is 2.62. The lowest BCUT2D eigenvalue weighted by molar-refractivity contribution is -0.148. The Morgan fingerprint density at radius 2 is 2.05 bits per heavy atom. The summed E-state index contributed by atoms with van der Waals surface area (Å²) in [7, 11) is 0. The second-order valence-corrected chi connectivity index (χ2v) is 5.32. The number of ether oxygens (including phenoxy) is 1. The lowest BCUT2D eigenvalue weighted by Gasteiger charge is -2.25. The van der Waals surface area contributed by atoms with Crippen molar-refractivity contribution < 1.29 is 19.4 Å². The standard InChI is InChI=1S/C16H20O4/c17-15-7-6-12(10-14(15)16(18)19)8-9-20-11-13-4-2-1-3-5-13/h1-5,12,14H,6-11H2,(H,18,19). The highest BCUT2D eigenvalue weighted by atomic mass is 16.5. The number of aliphatic carboxylic acids is 1. The molecule has 1 aliphatic rings. The van der Waals surface area contributed by atoms with Gasteiger partial charge in [0.15, 0.2) is 0 Å². The maximum Gasteiger partial charge on any atom is 0.314 e. The monoisotopic (exact) mass is 276 g/mol. The predicted octanol–water partition coefficient (Wildman–Crippen LogP) is 2.66. The van der Waals surface area contributed by atoms with Crippen LogP contribution in [0.15, 0.2) is 30.3 Å². The zero-order valence-corrected chi connectivity index (χ0v) is 11.5. The van der Waals surface area contributed by atoms with E-state index in [0.29, 0.717) is 26.1 Å². The minimum absolute atomic E-state index is 0.126. The van der Waals surface area contributed by atoms with E-state index in [1.807, 2.05) is 30.3 Å². The summed E-state index contributed by atoms with van der Waals surface area (Å²) in [5.74, 6) is -1.63. The number of benzene rings is 1. The maximum absolute atomic E-state index is 11.5. The lowest BCUT2D eigenvalue weighted by Crippen LogP contribution is -2.31. The third-order valence-electron chi connectivity index (χ3n) is 3.84. The molecule has 4 nitrogen and oxygen atoms in total. The molecule has 1 fully saturated rings. The summed E-state index contributed by atoms with van der Waals surface area (Å²) in [6, 6.07) is 9.94. The van der Waals surface area contributed by atoms with Crippen LogP contribution in [0.1, 0.15) is 31.2 Å². The Morgan fingerprint density at radius 3 is 2.75 bits per heavy atom. The largest absolute Gasteiger partial charge is 0.481 e. The zero-order valence-electron chi connectivity index (χ0n) is 11.5. The van der Waals surface area contributed by atoms with E-state index < -0.39 is 11.9 Å². The van der Waals surface area contributed by atoms with E-state index in [9.17, 15) is 9.59 Å². The quantitative estimate of drug-likeness (QED) is 0.641. The van der Waals surface area contributed by atoms with E-state index in [2.05, 4.69) is 0 Å². The number of Topliss-reactive ketones (excluding diaryl/α,β-unsaturated/α-hetero) is 1. The third-order valence-corrected chi connectivity index (χ3v) is 3.84. The van der Waals surface area contributed by atoms with E-state index >= 15 is 0 Å². The van der Waals surface area contributed by atoms with Crippen molar-refractivity contribution in [2.24, 2.45) is 11.8 Å². The highest BCUT2D eigenvalue weighted by Crippen LogP contribution is 2.29. The van der Waals surface area contributed by atoms with Crippen molar-refractivity contribution in [1.29, 1.82) is 0 Å². The van der Waals surface area contributed by atoms with Crippen LogP contribution in [-0.4, -0.2) is 23.5 Å². The van der Waals surface area contributed by atoms with Crippen LogP contribution in [0.2, 0.25) is 0 Å². The number of carboxylic acids is 1. The minimum Gasteiger partial charge on any atom is -0.481 e. The molecule has 0 radical (unpaired) electrons. The number of ketones is 1. The van der Waals surface area contributed by atoms with Crippen LogP contribution in [-0.2, 0) is 20.9 Å². The van der Waals surface area contributed by atoms with Gasteiger partial charge in [-0.2, -0.15) is 0 Å². The van der Waals surface area contributed by atoms with Gasteiger partial charge in [-0.15, -0.1) is 0 Å². The van der Waals surface area contributed by atoms with E-state index in [4.69, 9.17) is 9.84 Å². The van der Waals surface area contributed by atoms with Crippen LogP contribution in [0.25, 0.3) is 0 Å². The second kappa shape index (κ2) is 7.20. The first-order valence-corrected chi connectivity index (χ1v) is 7.04. The summed E-state index contributed by atoms with van der Waals surface area (Å²) < 4.78 is 5.61. The van der Waals surface area contributed by atoms with Crippen LogP contribution in [0.5, 0.6) is 0 Å². The molecule has 0 aromatic heterocycles. The molecule has 2 unspecified atom stereocenters. The Bertz CT molecular complexity index is 455. The van der Waals surface area contributed by atoms with E-state index in [0.717, 1.165) is 18.4 Å². The summed E-state index contributed by atoms with van der Waals surface area (Å²) in [6.45, 7) is 1.19. The Hall–Kier alpha value is -1.68. The molecule has 2 rings (SSSR count). The third kappa shape index (κ3) is 4.17. The highest BCUT2D eigenvalue weighted by molar-refractivity contribution is 5.98. The second-order valence-electron chi connectivity index (χ2n) is 5.32. The molecule has 1 aromatic rings. The van der Waals surface area contributed by atoms with Gasteiger partial charge in [0.2, 0.25) is 0 Å².